The van der Waals surface area contributed by atoms with Crippen molar-refractivity contribution < 1.29 is 23.1 Å². The maximum absolute atomic E-state index is 14.1. The average Bonchev–Trinajstić information content (AvgIpc) is 3.04. The summed E-state index contributed by atoms with van der Waals surface area (Å²) < 4.78 is 43.1. The molecule has 1 atom stereocenters. The zero-order valence-corrected chi connectivity index (χ0v) is 16.4. The molecule has 3 aromatic rings. The normalized spacial score (nSPS) is 12.2. The van der Waals surface area contributed by atoms with Gasteiger partial charge in [0, 0.05) is 31.1 Å². The number of carboxylic acid groups (broad SMARTS) is 1. The summed E-state index contributed by atoms with van der Waals surface area (Å²) in [6.07, 6.45) is 2.42. The summed E-state index contributed by atoms with van der Waals surface area (Å²) in [4.78, 5) is 23.9. The Balaban J connectivity index is 2.07. The van der Waals surface area contributed by atoms with E-state index in [1.54, 1.807) is 11.5 Å². The second kappa shape index (κ2) is 8.97. The highest BCUT2D eigenvalue weighted by atomic mass is 19.1. The van der Waals surface area contributed by atoms with Crippen molar-refractivity contribution in [1.82, 2.24) is 19.5 Å². The first kappa shape index (κ1) is 21.3. The lowest BCUT2D eigenvalue weighted by molar-refractivity contribution is -0.137. The molecule has 1 aromatic carbocycles. The van der Waals surface area contributed by atoms with E-state index in [0.29, 0.717) is 35.8 Å². The molecular formula is C19H21F3N6O2. The van der Waals surface area contributed by atoms with Gasteiger partial charge in [0.2, 0.25) is 11.9 Å². The highest BCUT2D eigenvalue weighted by Gasteiger charge is 2.21. The number of nitrogens with zero attached hydrogens (tertiary/aromatic N) is 4. The van der Waals surface area contributed by atoms with E-state index in [-0.39, 0.29) is 18.8 Å². The molecule has 0 unspecified atom stereocenters. The van der Waals surface area contributed by atoms with E-state index in [1.807, 2.05) is 6.92 Å². The number of halogens is 3. The first-order chi connectivity index (χ1) is 14.3. The van der Waals surface area contributed by atoms with Crippen molar-refractivity contribution in [1.29, 1.82) is 0 Å². The number of rotatable bonds is 9. The topological polar surface area (TPSA) is 105 Å². The van der Waals surface area contributed by atoms with Gasteiger partial charge in [-0.3, -0.25) is 9.36 Å². The Bertz CT molecular complexity index is 1050. The van der Waals surface area contributed by atoms with Crippen molar-refractivity contribution in [3.05, 3.63) is 35.8 Å². The van der Waals surface area contributed by atoms with Gasteiger partial charge in [0.05, 0.1) is 6.20 Å². The number of aromatic nitrogens is 4. The van der Waals surface area contributed by atoms with Crippen LogP contribution < -0.4 is 10.6 Å². The standard InChI is InChI=1S/C19H21F3N6O2/c1-3-6-23-18-24-9-14-17(27-18)28(10(2)4-5-15(29)30)19(25-14)26-16-12(21)7-11(20)8-13(16)22/h7-10H,3-6H2,1-2H3,(H,25,26)(H,29,30)(H,23,24,27)/t10-/m0/s1. The fraction of sp³-hybridized carbons (Fsp3) is 0.368. The summed E-state index contributed by atoms with van der Waals surface area (Å²) in [5, 5.41) is 14.6. The number of imidazole rings is 1. The smallest absolute Gasteiger partial charge is 0.303 e. The van der Waals surface area contributed by atoms with Crippen LogP contribution >= 0.6 is 0 Å². The van der Waals surface area contributed by atoms with Crippen LogP contribution in [0.5, 0.6) is 0 Å². The van der Waals surface area contributed by atoms with Crippen molar-refractivity contribution in [2.45, 2.75) is 39.2 Å². The van der Waals surface area contributed by atoms with Gasteiger partial charge in [-0.15, -0.1) is 0 Å². The van der Waals surface area contributed by atoms with Crippen LogP contribution in [0.3, 0.4) is 0 Å². The number of hydrogen-bond acceptors (Lipinski definition) is 6. The lowest BCUT2D eigenvalue weighted by Crippen LogP contribution is -2.13. The molecule has 0 spiro atoms. The van der Waals surface area contributed by atoms with Crippen LogP contribution in [0, 0.1) is 17.5 Å². The molecule has 160 valence electrons. The van der Waals surface area contributed by atoms with Gasteiger partial charge in [-0.25, -0.2) is 23.1 Å². The van der Waals surface area contributed by atoms with Gasteiger partial charge in [-0.05, 0) is 19.8 Å². The molecule has 2 heterocycles. The number of hydrogen-bond donors (Lipinski definition) is 3. The van der Waals surface area contributed by atoms with Gasteiger partial charge in [0.25, 0.3) is 0 Å². The molecule has 0 radical (unpaired) electrons. The number of fused-ring (bicyclic) bond motifs is 1. The largest absolute Gasteiger partial charge is 0.481 e. The number of nitrogens with one attached hydrogen (secondary N) is 2. The Morgan fingerprint density at radius 1 is 1.23 bits per heavy atom. The van der Waals surface area contributed by atoms with Gasteiger partial charge in [0.1, 0.15) is 17.0 Å². The van der Waals surface area contributed by atoms with E-state index in [0.717, 1.165) is 6.42 Å². The molecule has 11 heteroatoms. The zero-order chi connectivity index (χ0) is 21.8. The molecule has 0 saturated heterocycles. The summed E-state index contributed by atoms with van der Waals surface area (Å²) in [6, 6.07) is 0.687. The van der Waals surface area contributed by atoms with Crippen LogP contribution in [-0.2, 0) is 4.79 Å². The maximum atomic E-state index is 14.1. The fourth-order valence-corrected chi connectivity index (χ4v) is 2.95. The summed E-state index contributed by atoms with van der Waals surface area (Å²) in [7, 11) is 0. The predicted octanol–water partition coefficient (Wildman–Crippen LogP) is 4.23. The first-order valence-corrected chi connectivity index (χ1v) is 9.42. The molecule has 8 nitrogen and oxygen atoms in total. The molecule has 3 N–H and O–H groups in total. The number of anilines is 3. The minimum atomic E-state index is -1.12. The fourth-order valence-electron chi connectivity index (χ4n) is 2.95. The molecule has 2 aromatic heterocycles. The Labute approximate surface area is 170 Å². The maximum Gasteiger partial charge on any atom is 0.303 e. The van der Waals surface area contributed by atoms with Crippen LogP contribution in [0.15, 0.2) is 18.3 Å². The van der Waals surface area contributed by atoms with E-state index in [4.69, 9.17) is 5.11 Å². The number of carboxylic acids is 1. The molecule has 30 heavy (non-hydrogen) atoms. The minimum Gasteiger partial charge on any atom is -0.481 e. The van der Waals surface area contributed by atoms with E-state index < -0.39 is 35.2 Å². The SMILES string of the molecule is CCCNc1ncc2nc(Nc3c(F)cc(F)cc3F)n([C@@H](C)CCC(=O)O)c2n1. The quantitative estimate of drug-likeness (QED) is 0.474. The van der Waals surface area contributed by atoms with Crippen LogP contribution in [0.1, 0.15) is 39.2 Å². The monoisotopic (exact) mass is 422 g/mol. The Kier molecular flexibility index (Phi) is 6.38. The van der Waals surface area contributed by atoms with Crippen molar-refractivity contribution in [2.24, 2.45) is 0 Å². The molecule has 0 bridgehead atoms. The predicted molar refractivity (Wildman–Crippen MR) is 105 cm³/mol. The van der Waals surface area contributed by atoms with E-state index in [9.17, 15) is 18.0 Å². The number of carbonyl (C=O) groups is 1. The molecular weight excluding hydrogens is 401 g/mol. The Hall–Kier alpha value is -3.37. The van der Waals surface area contributed by atoms with Crippen molar-refractivity contribution in [2.75, 3.05) is 17.2 Å². The van der Waals surface area contributed by atoms with Gasteiger partial charge in [0.15, 0.2) is 17.3 Å². The molecule has 3 rings (SSSR count). The highest BCUT2D eigenvalue weighted by molar-refractivity contribution is 5.77. The van der Waals surface area contributed by atoms with Crippen molar-refractivity contribution >= 4 is 34.7 Å². The third-order valence-corrected chi connectivity index (χ3v) is 4.43. The number of aliphatic carboxylic acids is 1. The Morgan fingerprint density at radius 2 is 1.93 bits per heavy atom. The summed E-state index contributed by atoms with van der Waals surface area (Å²) in [5.74, 6) is -3.88. The highest BCUT2D eigenvalue weighted by Crippen LogP contribution is 2.30. The second-order valence-electron chi connectivity index (χ2n) is 6.79. The zero-order valence-electron chi connectivity index (χ0n) is 16.4. The number of benzene rings is 1. The summed E-state index contributed by atoms with van der Waals surface area (Å²) in [5.41, 5.74) is 0.146. The first-order valence-electron chi connectivity index (χ1n) is 9.42. The van der Waals surface area contributed by atoms with E-state index in [1.165, 1.54) is 6.20 Å². The van der Waals surface area contributed by atoms with Crippen LogP contribution in [-0.4, -0.2) is 37.1 Å². The van der Waals surface area contributed by atoms with Gasteiger partial charge < -0.3 is 15.7 Å². The molecule has 0 aliphatic heterocycles. The van der Waals surface area contributed by atoms with Crippen molar-refractivity contribution in [3.63, 3.8) is 0 Å². The average molecular weight is 422 g/mol. The summed E-state index contributed by atoms with van der Waals surface area (Å²) >= 11 is 0. The van der Waals surface area contributed by atoms with E-state index in [2.05, 4.69) is 25.6 Å². The second-order valence-corrected chi connectivity index (χ2v) is 6.79. The third-order valence-electron chi connectivity index (χ3n) is 4.43. The lowest BCUT2D eigenvalue weighted by atomic mass is 10.2. The summed E-state index contributed by atoms with van der Waals surface area (Å²) in [6.45, 7) is 4.37. The van der Waals surface area contributed by atoms with Gasteiger partial charge in [-0.1, -0.05) is 6.92 Å². The molecule has 0 fully saturated rings. The van der Waals surface area contributed by atoms with Crippen LogP contribution in [0.4, 0.5) is 30.8 Å². The molecule has 0 amide bonds. The molecule has 0 saturated carbocycles. The van der Waals surface area contributed by atoms with Crippen LogP contribution in [0.2, 0.25) is 0 Å². The molecule has 0 aliphatic rings. The Morgan fingerprint density at radius 3 is 2.57 bits per heavy atom. The van der Waals surface area contributed by atoms with E-state index >= 15 is 0 Å². The molecule has 0 aliphatic carbocycles. The third kappa shape index (κ3) is 4.61. The lowest BCUT2D eigenvalue weighted by Gasteiger charge is -2.17. The minimum absolute atomic E-state index is 0.0363. The van der Waals surface area contributed by atoms with Crippen LogP contribution in [0.25, 0.3) is 11.2 Å². The van der Waals surface area contributed by atoms with Crippen molar-refractivity contribution in [3.8, 4) is 0 Å². The van der Waals surface area contributed by atoms with Gasteiger partial charge in [-0.2, -0.15) is 4.98 Å². The van der Waals surface area contributed by atoms with Gasteiger partial charge >= 0.3 is 5.97 Å².